The molecule has 0 spiro atoms. The number of nitrogens with zero attached hydrogens (tertiary/aromatic N) is 3. The number of carbonyl (C=O) groups excluding carboxylic acids is 1. The van der Waals surface area contributed by atoms with E-state index in [4.69, 9.17) is 9.26 Å². The van der Waals surface area contributed by atoms with Gasteiger partial charge >= 0.3 is 0 Å². The van der Waals surface area contributed by atoms with Crippen LogP contribution in [0.3, 0.4) is 0 Å². The number of benzene rings is 1. The lowest BCUT2D eigenvalue weighted by atomic mass is 9.94. The monoisotopic (exact) mass is 397 g/mol. The van der Waals surface area contributed by atoms with Crippen LogP contribution in [-0.4, -0.2) is 54.2 Å². The molecule has 0 radical (unpaired) electrons. The first kappa shape index (κ1) is 20.0. The molecule has 0 saturated carbocycles. The molecular formula is C23H31N3O3. The van der Waals surface area contributed by atoms with Gasteiger partial charge in [0.05, 0.1) is 12.8 Å². The normalized spacial score (nSPS) is 21.3. The van der Waals surface area contributed by atoms with Gasteiger partial charge in [0.25, 0.3) is 5.91 Å². The van der Waals surface area contributed by atoms with Gasteiger partial charge in [-0.15, -0.1) is 0 Å². The SMILES string of the molecule is COc1cccc(CN2CCCC(c3cc(C(=O)N4CCC(C)CC4)on3)C2)c1. The van der Waals surface area contributed by atoms with Crippen molar-refractivity contribution in [2.24, 2.45) is 5.92 Å². The number of methoxy groups -OCH3 is 1. The Bertz CT molecular complexity index is 826. The van der Waals surface area contributed by atoms with Crippen LogP contribution >= 0.6 is 0 Å². The minimum atomic E-state index is -0.0142. The van der Waals surface area contributed by atoms with E-state index < -0.39 is 0 Å². The summed E-state index contributed by atoms with van der Waals surface area (Å²) in [4.78, 5) is 17.1. The average Bonchev–Trinajstić information content (AvgIpc) is 3.24. The van der Waals surface area contributed by atoms with E-state index in [9.17, 15) is 4.79 Å². The quantitative estimate of drug-likeness (QED) is 0.765. The fraction of sp³-hybridized carbons (Fsp3) is 0.565. The van der Waals surface area contributed by atoms with Crippen molar-refractivity contribution in [2.45, 2.75) is 45.1 Å². The molecule has 1 aromatic carbocycles. The smallest absolute Gasteiger partial charge is 0.292 e. The second-order valence-corrected chi connectivity index (χ2v) is 8.52. The molecule has 4 rings (SSSR count). The van der Waals surface area contributed by atoms with Gasteiger partial charge < -0.3 is 14.2 Å². The van der Waals surface area contributed by atoms with E-state index in [0.29, 0.717) is 17.6 Å². The van der Waals surface area contributed by atoms with E-state index in [2.05, 4.69) is 29.1 Å². The zero-order valence-corrected chi connectivity index (χ0v) is 17.5. The standard InChI is InChI=1S/C23H31N3O3/c1-17-8-11-26(12-9-17)23(27)22-14-21(24-29-22)19-6-4-10-25(16-19)15-18-5-3-7-20(13-18)28-2/h3,5,7,13-14,17,19H,4,6,8-12,15-16H2,1-2H3. The van der Waals surface area contributed by atoms with Crippen molar-refractivity contribution in [3.8, 4) is 5.75 Å². The van der Waals surface area contributed by atoms with E-state index in [0.717, 1.165) is 69.9 Å². The lowest BCUT2D eigenvalue weighted by molar-refractivity contribution is 0.0655. The van der Waals surface area contributed by atoms with Crippen molar-refractivity contribution < 1.29 is 14.1 Å². The molecule has 1 aromatic heterocycles. The molecule has 156 valence electrons. The molecule has 2 aliphatic heterocycles. The molecule has 6 nitrogen and oxygen atoms in total. The van der Waals surface area contributed by atoms with Crippen molar-refractivity contribution in [3.63, 3.8) is 0 Å². The Morgan fingerprint density at radius 1 is 1.21 bits per heavy atom. The Labute approximate surface area is 172 Å². The van der Waals surface area contributed by atoms with Gasteiger partial charge in [0.1, 0.15) is 5.75 Å². The Morgan fingerprint density at radius 3 is 2.83 bits per heavy atom. The molecule has 0 aliphatic carbocycles. The fourth-order valence-electron chi connectivity index (χ4n) is 4.42. The topological polar surface area (TPSA) is 58.8 Å². The summed E-state index contributed by atoms with van der Waals surface area (Å²) in [7, 11) is 1.70. The molecule has 2 aromatic rings. The van der Waals surface area contributed by atoms with Gasteiger partial charge in [-0.25, -0.2) is 0 Å². The first-order valence-electron chi connectivity index (χ1n) is 10.7. The molecule has 1 atom stereocenters. The predicted octanol–water partition coefficient (Wildman–Crippen LogP) is 3.93. The summed E-state index contributed by atoms with van der Waals surface area (Å²) in [5, 5.41) is 4.27. The van der Waals surface area contributed by atoms with Crippen LogP contribution in [0.1, 0.15) is 60.3 Å². The van der Waals surface area contributed by atoms with Crippen LogP contribution < -0.4 is 4.74 Å². The number of ether oxygens (including phenoxy) is 1. The lowest BCUT2D eigenvalue weighted by Crippen LogP contribution is -2.37. The van der Waals surface area contributed by atoms with Crippen LogP contribution in [0.15, 0.2) is 34.9 Å². The number of likely N-dealkylation sites (tertiary alicyclic amines) is 2. The first-order valence-corrected chi connectivity index (χ1v) is 10.7. The zero-order chi connectivity index (χ0) is 20.2. The van der Waals surface area contributed by atoms with E-state index >= 15 is 0 Å². The molecule has 2 saturated heterocycles. The van der Waals surface area contributed by atoms with E-state index in [-0.39, 0.29) is 5.91 Å². The molecule has 3 heterocycles. The molecular weight excluding hydrogens is 366 g/mol. The summed E-state index contributed by atoms with van der Waals surface area (Å²) in [5.41, 5.74) is 2.16. The van der Waals surface area contributed by atoms with E-state index in [1.165, 1.54) is 5.56 Å². The minimum absolute atomic E-state index is 0.0142. The zero-order valence-electron chi connectivity index (χ0n) is 17.5. The molecule has 1 unspecified atom stereocenters. The van der Waals surface area contributed by atoms with Gasteiger partial charge in [-0.3, -0.25) is 9.69 Å². The van der Waals surface area contributed by atoms with Crippen LogP contribution in [0.25, 0.3) is 0 Å². The number of piperidine rings is 2. The third-order valence-electron chi connectivity index (χ3n) is 6.27. The summed E-state index contributed by atoms with van der Waals surface area (Å²) in [6.07, 6.45) is 4.33. The lowest BCUT2D eigenvalue weighted by Gasteiger charge is -2.31. The maximum atomic E-state index is 12.7. The first-order chi connectivity index (χ1) is 14.1. The molecule has 0 bridgehead atoms. The van der Waals surface area contributed by atoms with Crippen molar-refractivity contribution in [1.82, 2.24) is 15.0 Å². The van der Waals surface area contributed by atoms with E-state index in [1.807, 2.05) is 23.1 Å². The second-order valence-electron chi connectivity index (χ2n) is 8.52. The number of hydrogen-bond acceptors (Lipinski definition) is 5. The third kappa shape index (κ3) is 4.81. The van der Waals surface area contributed by atoms with Crippen LogP contribution in [0.5, 0.6) is 5.75 Å². The minimum Gasteiger partial charge on any atom is -0.497 e. The van der Waals surface area contributed by atoms with Crippen molar-refractivity contribution >= 4 is 5.91 Å². The van der Waals surface area contributed by atoms with Crippen molar-refractivity contribution in [2.75, 3.05) is 33.3 Å². The average molecular weight is 398 g/mol. The fourth-order valence-corrected chi connectivity index (χ4v) is 4.42. The maximum absolute atomic E-state index is 12.7. The highest BCUT2D eigenvalue weighted by Crippen LogP contribution is 2.28. The van der Waals surface area contributed by atoms with Crippen LogP contribution in [-0.2, 0) is 6.54 Å². The number of hydrogen-bond donors (Lipinski definition) is 0. The van der Waals surface area contributed by atoms with Gasteiger partial charge in [-0.2, -0.15) is 0 Å². The van der Waals surface area contributed by atoms with Crippen LogP contribution in [0.4, 0.5) is 0 Å². The van der Waals surface area contributed by atoms with E-state index in [1.54, 1.807) is 7.11 Å². The van der Waals surface area contributed by atoms with Crippen molar-refractivity contribution in [1.29, 1.82) is 0 Å². The summed E-state index contributed by atoms with van der Waals surface area (Å²) in [6.45, 7) is 6.77. The summed E-state index contributed by atoms with van der Waals surface area (Å²) < 4.78 is 10.8. The molecule has 6 heteroatoms. The summed E-state index contributed by atoms with van der Waals surface area (Å²) >= 11 is 0. The Morgan fingerprint density at radius 2 is 2.03 bits per heavy atom. The van der Waals surface area contributed by atoms with Gasteiger partial charge in [-0.05, 0) is 55.8 Å². The molecule has 1 amide bonds. The Kier molecular flexibility index (Phi) is 6.19. The number of amides is 1. The highest BCUT2D eigenvalue weighted by Gasteiger charge is 2.28. The molecule has 2 aliphatic rings. The number of carbonyl (C=O) groups is 1. The Balaban J connectivity index is 1.38. The summed E-state index contributed by atoms with van der Waals surface area (Å²) in [6, 6.07) is 10.1. The number of rotatable bonds is 5. The second kappa shape index (κ2) is 8.99. The number of aromatic nitrogens is 1. The van der Waals surface area contributed by atoms with Gasteiger partial charge in [0, 0.05) is 38.2 Å². The van der Waals surface area contributed by atoms with Crippen LogP contribution in [0, 0.1) is 5.92 Å². The molecule has 29 heavy (non-hydrogen) atoms. The highest BCUT2D eigenvalue weighted by atomic mass is 16.5. The highest BCUT2D eigenvalue weighted by molar-refractivity contribution is 5.91. The van der Waals surface area contributed by atoms with Gasteiger partial charge in [-0.1, -0.05) is 24.2 Å². The molecule has 0 N–H and O–H groups in total. The molecule has 2 fully saturated rings. The third-order valence-corrected chi connectivity index (χ3v) is 6.27. The maximum Gasteiger partial charge on any atom is 0.292 e. The predicted molar refractivity (Wildman–Crippen MR) is 111 cm³/mol. The van der Waals surface area contributed by atoms with Gasteiger partial charge in [0.15, 0.2) is 0 Å². The van der Waals surface area contributed by atoms with Crippen molar-refractivity contribution in [3.05, 3.63) is 47.3 Å². The van der Waals surface area contributed by atoms with Crippen LogP contribution in [0.2, 0.25) is 0 Å². The summed E-state index contributed by atoms with van der Waals surface area (Å²) in [5.74, 6) is 2.27. The largest absolute Gasteiger partial charge is 0.497 e. The van der Waals surface area contributed by atoms with Gasteiger partial charge in [0.2, 0.25) is 5.76 Å². The Hall–Kier alpha value is -2.34.